The molecule has 37 heavy (non-hydrogen) atoms. The molecule has 0 atom stereocenters. The molecule has 1 aliphatic heterocycles. The molecule has 0 fully saturated rings. The molecule has 5 aromatic rings. The summed E-state index contributed by atoms with van der Waals surface area (Å²) in [4.78, 5) is 12.9. The van der Waals surface area contributed by atoms with E-state index in [0.717, 1.165) is 48.2 Å². The lowest BCUT2D eigenvalue weighted by molar-refractivity contribution is 0.864. The fraction of sp³-hybridized carbons (Fsp3) is 0.172. The van der Waals surface area contributed by atoms with Gasteiger partial charge in [-0.15, -0.1) is 0 Å². The standard InChI is InChI=1S/C14H12BrN3.C8H6BrN.C7H8BrN/c1-9-3-6-14(17-10(9)2)18-13-7-12(15)5-4-11(13)8-16-18;9-8-2-1-6-4-10-5-7(6)3-8;1-5-3-4-7(8)9-6(5)2/h3-8H,1-2H3;1-4H,5H2;3-4H,1-2H3. The molecular formula is C29H26Br3N5. The minimum absolute atomic E-state index is 0.842. The van der Waals surface area contributed by atoms with Crippen molar-refractivity contribution < 1.29 is 0 Å². The van der Waals surface area contributed by atoms with Crippen LogP contribution in [0.5, 0.6) is 0 Å². The van der Waals surface area contributed by atoms with Crippen molar-refractivity contribution in [3.05, 3.63) is 114 Å². The highest BCUT2D eigenvalue weighted by atomic mass is 79.9. The molecule has 0 radical (unpaired) electrons. The Morgan fingerprint density at radius 3 is 2.11 bits per heavy atom. The number of nitrogens with zero attached hydrogens (tertiary/aromatic N) is 5. The summed E-state index contributed by atoms with van der Waals surface area (Å²) in [6.45, 7) is 8.97. The normalized spacial score (nSPS) is 11.4. The van der Waals surface area contributed by atoms with Crippen LogP contribution in [0.3, 0.4) is 0 Å². The Bertz CT molecular complexity index is 1590. The van der Waals surface area contributed by atoms with Crippen molar-refractivity contribution in [3.8, 4) is 5.82 Å². The van der Waals surface area contributed by atoms with E-state index >= 15 is 0 Å². The van der Waals surface area contributed by atoms with Crippen LogP contribution in [-0.2, 0) is 6.54 Å². The maximum Gasteiger partial charge on any atom is 0.154 e. The molecular weight excluding hydrogens is 658 g/mol. The zero-order valence-corrected chi connectivity index (χ0v) is 25.8. The minimum Gasteiger partial charge on any atom is -0.288 e. The van der Waals surface area contributed by atoms with Crippen LogP contribution in [-0.4, -0.2) is 26.0 Å². The van der Waals surface area contributed by atoms with Crippen molar-refractivity contribution in [3.63, 3.8) is 0 Å². The van der Waals surface area contributed by atoms with E-state index in [-0.39, 0.29) is 0 Å². The maximum absolute atomic E-state index is 4.58. The molecule has 0 bridgehead atoms. The highest BCUT2D eigenvalue weighted by Crippen LogP contribution is 2.22. The van der Waals surface area contributed by atoms with Crippen LogP contribution in [0.25, 0.3) is 16.7 Å². The lowest BCUT2D eigenvalue weighted by atomic mass is 10.1. The molecule has 8 heteroatoms. The molecule has 2 aromatic carbocycles. The van der Waals surface area contributed by atoms with E-state index < -0.39 is 0 Å². The number of aliphatic imine (C=N–C) groups is 1. The highest BCUT2D eigenvalue weighted by Gasteiger charge is 2.07. The number of aromatic nitrogens is 4. The Labute approximate surface area is 242 Å². The zero-order chi connectivity index (χ0) is 26.5. The van der Waals surface area contributed by atoms with E-state index in [2.05, 4.69) is 106 Å². The van der Waals surface area contributed by atoms with Gasteiger partial charge in [0.1, 0.15) is 4.60 Å². The SMILES string of the molecule is Brc1ccc2c(c1)CN=C2.Cc1ccc(-n2ncc3ccc(Br)cc32)nc1C.Cc1ccc(Br)nc1C. The summed E-state index contributed by atoms with van der Waals surface area (Å²) in [5.41, 5.74) is 8.17. The molecule has 5 nitrogen and oxygen atoms in total. The fourth-order valence-electron chi connectivity index (χ4n) is 3.59. The number of pyridine rings is 2. The largest absolute Gasteiger partial charge is 0.288 e. The molecule has 0 spiro atoms. The number of halogens is 3. The van der Waals surface area contributed by atoms with Crippen molar-refractivity contribution in [2.75, 3.05) is 0 Å². The number of rotatable bonds is 1. The Hall–Kier alpha value is -2.68. The van der Waals surface area contributed by atoms with Crippen LogP contribution in [0, 0.1) is 27.7 Å². The second-order valence-electron chi connectivity index (χ2n) is 8.68. The summed E-state index contributed by atoms with van der Waals surface area (Å²) in [6, 6.07) is 20.4. The first-order valence-electron chi connectivity index (χ1n) is 11.7. The minimum atomic E-state index is 0.842. The average Bonchev–Trinajstić information content (AvgIpc) is 3.50. The lowest BCUT2D eigenvalue weighted by Gasteiger charge is -2.05. The number of hydrogen-bond donors (Lipinski definition) is 0. The van der Waals surface area contributed by atoms with Crippen molar-refractivity contribution in [2.45, 2.75) is 34.2 Å². The number of aryl methyl sites for hydroxylation is 4. The maximum atomic E-state index is 4.58. The van der Waals surface area contributed by atoms with Gasteiger partial charge < -0.3 is 0 Å². The highest BCUT2D eigenvalue weighted by molar-refractivity contribution is 9.11. The van der Waals surface area contributed by atoms with E-state index in [1.807, 2.05) is 67.3 Å². The smallest absolute Gasteiger partial charge is 0.154 e. The number of benzene rings is 2. The van der Waals surface area contributed by atoms with E-state index in [1.54, 1.807) is 0 Å². The third-order valence-corrected chi connectivity index (χ3v) is 7.43. The fourth-order valence-corrected chi connectivity index (χ4v) is 4.74. The lowest BCUT2D eigenvalue weighted by Crippen LogP contribution is -2.01. The summed E-state index contributed by atoms with van der Waals surface area (Å²) in [5.74, 6) is 0.853. The van der Waals surface area contributed by atoms with Crippen molar-refractivity contribution >= 4 is 64.9 Å². The van der Waals surface area contributed by atoms with Crippen LogP contribution in [0.15, 0.2) is 85.4 Å². The monoisotopic (exact) mass is 681 g/mol. The molecule has 0 saturated heterocycles. The summed E-state index contributed by atoms with van der Waals surface area (Å²) >= 11 is 10.2. The summed E-state index contributed by atoms with van der Waals surface area (Å²) in [7, 11) is 0. The molecule has 3 aromatic heterocycles. The Morgan fingerprint density at radius 1 is 0.730 bits per heavy atom. The predicted octanol–water partition coefficient (Wildman–Crippen LogP) is 8.64. The molecule has 0 N–H and O–H groups in total. The van der Waals surface area contributed by atoms with Crippen LogP contribution in [0.4, 0.5) is 0 Å². The third-order valence-electron chi connectivity index (χ3n) is 6.00. The summed E-state index contributed by atoms with van der Waals surface area (Å²) in [6.07, 6.45) is 3.78. The van der Waals surface area contributed by atoms with Gasteiger partial charge in [-0.05, 0) is 102 Å². The van der Waals surface area contributed by atoms with E-state index in [9.17, 15) is 0 Å². The van der Waals surface area contributed by atoms with Gasteiger partial charge in [0.2, 0.25) is 0 Å². The molecule has 1 aliphatic rings. The van der Waals surface area contributed by atoms with Gasteiger partial charge in [0, 0.05) is 31.9 Å². The molecule has 0 saturated carbocycles. The molecule has 0 aliphatic carbocycles. The van der Waals surface area contributed by atoms with E-state index in [1.165, 1.54) is 22.3 Å². The second-order valence-corrected chi connectivity index (χ2v) is 11.3. The van der Waals surface area contributed by atoms with Gasteiger partial charge in [-0.2, -0.15) is 5.10 Å². The third kappa shape index (κ3) is 7.00. The Balaban J connectivity index is 0.000000143. The van der Waals surface area contributed by atoms with E-state index in [4.69, 9.17) is 0 Å². The van der Waals surface area contributed by atoms with Gasteiger partial charge in [-0.25, -0.2) is 14.6 Å². The zero-order valence-electron chi connectivity index (χ0n) is 21.0. The van der Waals surface area contributed by atoms with Crippen LogP contribution in [0.2, 0.25) is 0 Å². The molecule has 0 amide bonds. The van der Waals surface area contributed by atoms with Crippen molar-refractivity contribution in [1.29, 1.82) is 0 Å². The Morgan fingerprint density at radius 2 is 1.41 bits per heavy atom. The Kier molecular flexibility index (Phi) is 9.05. The molecule has 188 valence electrons. The van der Waals surface area contributed by atoms with Crippen molar-refractivity contribution in [1.82, 2.24) is 19.7 Å². The molecule has 4 heterocycles. The molecule has 0 unspecified atom stereocenters. The first-order valence-corrected chi connectivity index (χ1v) is 14.0. The van der Waals surface area contributed by atoms with Gasteiger partial charge in [-0.1, -0.05) is 56.1 Å². The van der Waals surface area contributed by atoms with Gasteiger partial charge in [0.15, 0.2) is 5.82 Å². The van der Waals surface area contributed by atoms with E-state index in [0.29, 0.717) is 0 Å². The predicted molar refractivity (Wildman–Crippen MR) is 163 cm³/mol. The van der Waals surface area contributed by atoms with Gasteiger partial charge in [-0.3, -0.25) is 4.99 Å². The second kappa shape index (κ2) is 12.2. The van der Waals surface area contributed by atoms with Crippen LogP contribution >= 0.6 is 47.8 Å². The summed E-state index contributed by atoms with van der Waals surface area (Å²) < 4.78 is 4.95. The first-order chi connectivity index (χ1) is 17.7. The van der Waals surface area contributed by atoms with Gasteiger partial charge in [0.25, 0.3) is 0 Å². The molecule has 6 rings (SSSR count). The number of hydrogen-bond acceptors (Lipinski definition) is 4. The quantitative estimate of drug-likeness (QED) is 0.166. The van der Waals surface area contributed by atoms with Gasteiger partial charge >= 0.3 is 0 Å². The number of fused-ring (bicyclic) bond motifs is 2. The van der Waals surface area contributed by atoms with Crippen molar-refractivity contribution in [2.24, 2.45) is 4.99 Å². The van der Waals surface area contributed by atoms with Gasteiger partial charge in [0.05, 0.1) is 18.3 Å². The van der Waals surface area contributed by atoms with Crippen LogP contribution in [0.1, 0.15) is 33.6 Å². The van der Waals surface area contributed by atoms with Crippen LogP contribution < -0.4 is 0 Å². The topological polar surface area (TPSA) is 56.0 Å². The summed E-state index contributed by atoms with van der Waals surface area (Å²) in [5, 5.41) is 5.52. The average molecular weight is 684 g/mol. The first kappa shape index (κ1) is 27.4.